The number of hydrogen-bond donors (Lipinski definition) is 0. The van der Waals surface area contributed by atoms with Crippen molar-refractivity contribution in [1.29, 1.82) is 0 Å². The molecular formula is C19H19N. The Morgan fingerprint density at radius 3 is 2.45 bits per heavy atom. The first-order valence-corrected chi connectivity index (χ1v) is 7.03. The molecule has 1 heterocycles. The van der Waals surface area contributed by atoms with E-state index in [1.54, 1.807) is 0 Å². The van der Waals surface area contributed by atoms with Crippen molar-refractivity contribution in [3.63, 3.8) is 0 Å². The molecule has 0 aliphatic heterocycles. The van der Waals surface area contributed by atoms with E-state index in [0.29, 0.717) is 5.92 Å². The summed E-state index contributed by atoms with van der Waals surface area (Å²) >= 11 is 0. The summed E-state index contributed by atoms with van der Waals surface area (Å²) in [7, 11) is 2.11. The summed E-state index contributed by atoms with van der Waals surface area (Å²) in [6, 6.07) is 19.0. The molecule has 20 heavy (non-hydrogen) atoms. The highest BCUT2D eigenvalue weighted by Gasteiger charge is 2.10. The molecule has 0 saturated carbocycles. The maximum Gasteiger partial charge on any atom is 0.0480 e. The quantitative estimate of drug-likeness (QED) is 0.625. The number of hydrogen-bond acceptors (Lipinski definition) is 0. The summed E-state index contributed by atoms with van der Waals surface area (Å²) in [5, 5.41) is 1.35. The lowest BCUT2D eigenvalue weighted by Crippen LogP contribution is -1.87. The number of benzene rings is 2. The van der Waals surface area contributed by atoms with Crippen LogP contribution >= 0.6 is 0 Å². The van der Waals surface area contributed by atoms with Gasteiger partial charge in [0.25, 0.3) is 0 Å². The van der Waals surface area contributed by atoms with Crippen molar-refractivity contribution >= 4 is 17.0 Å². The first-order chi connectivity index (χ1) is 9.75. The van der Waals surface area contributed by atoms with Crippen LogP contribution < -0.4 is 0 Å². The highest BCUT2D eigenvalue weighted by atomic mass is 14.9. The van der Waals surface area contributed by atoms with E-state index in [1.807, 2.05) is 6.07 Å². The van der Waals surface area contributed by atoms with Crippen LogP contribution in [0.25, 0.3) is 17.0 Å². The third kappa shape index (κ3) is 2.39. The van der Waals surface area contributed by atoms with E-state index >= 15 is 0 Å². The Morgan fingerprint density at radius 1 is 0.950 bits per heavy atom. The fourth-order valence-corrected chi connectivity index (χ4v) is 2.66. The van der Waals surface area contributed by atoms with Crippen molar-refractivity contribution < 1.29 is 0 Å². The van der Waals surface area contributed by atoms with Crippen molar-refractivity contribution in [2.45, 2.75) is 12.8 Å². The molecule has 2 aromatic carbocycles. The van der Waals surface area contributed by atoms with Gasteiger partial charge < -0.3 is 4.57 Å². The molecule has 1 atom stereocenters. The Morgan fingerprint density at radius 2 is 1.65 bits per heavy atom. The van der Waals surface area contributed by atoms with E-state index in [1.165, 1.54) is 22.0 Å². The molecule has 1 nitrogen and oxygen atoms in total. The number of para-hydroxylation sites is 1. The van der Waals surface area contributed by atoms with Gasteiger partial charge in [-0.3, -0.25) is 0 Å². The Kier molecular flexibility index (Phi) is 3.42. The van der Waals surface area contributed by atoms with Crippen LogP contribution in [0.15, 0.2) is 66.9 Å². The smallest absolute Gasteiger partial charge is 0.0480 e. The standard InChI is InChI=1S/C19H19N/c1-15(12-13-16-8-4-3-5-9-16)18-14-20(2)19-11-7-6-10-17(18)19/h3-15H,1-2H3/b13-12+. The summed E-state index contributed by atoms with van der Waals surface area (Å²) in [5.74, 6) is 0.404. The van der Waals surface area contributed by atoms with Gasteiger partial charge in [-0.25, -0.2) is 0 Å². The normalized spacial score (nSPS) is 13.1. The molecule has 100 valence electrons. The Bertz CT molecular complexity index is 735. The predicted molar refractivity (Wildman–Crippen MR) is 86.8 cm³/mol. The molecule has 0 fully saturated rings. The zero-order valence-corrected chi connectivity index (χ0v) is 12.0. The van der Waals surface area contributed by atoms with Gasteiger partial charge in [-0.2, -0.15) is 0 Å². The Labute approximate surface area is 120 Å². The third-order valence-electron chi connectivity index (χ3n) is 3.80. The van der Waals surface area contributed by atoms with Gasteiger partial charge in [0.2, 0.25) is 0 Å². The molecule has 3 aromatic rings. The summed E-state index contributed by atoms with van der Waals surface area (Å²) in [4.78, 5) is 0. The molecule has 1 unspecified atom stereocenters. The second kappa shape index (κ2) is 5.38. The number of aromatic nitrogens is 1. The highest BCUT2D eigenvalue weighted by Crippen LogP contribution is 2.28. The van der Waals surface area contributed by atoms with E-state index in [-0.39, 0.29) is 0 Å². The molecule has 0 aliphatic carbocycles. The predicted octanol–water partition coefficient (Wildman–Crippen LogP) is 5.00. The summed E-state index contributed by atoms with van der Waals surface area (Å²) < 4.78 is 2.21. The van der Waals surface area contributed by atoms with Gasteiger partial charge in [0, 0.05) is 30.1 Å². The minimum Gasteiger partial charge on any atom is -0.350 e. The number of allylic oxidation sites excluding steroid dienone is 1. The first kappa shape index (κ1) is 12.7. The van der Waals surface area contributed by atoms with Crippen LogP contribution in [-0.4, -0.2) is 4.57 Å². The van der Waals surface area contributed by atoms with E-state index in [2.05, 4.69) is 85.4 Å². The maximum atomic E-state index is 2.27. The molecule has 1 aromatic heterocycles. The van der Waals surface area contributed by atoms with Crippen molar-refractivity contribution in [3.05, 3.63) is 78.0 Å². The number of aryl methyl sites for hydroxylation is 1. The van der Waals surface area contributed by atoms with Crippen LogP contribution in [0.2, 0.25) is 0 Å². The zero-order chi connectivity index (χ0) is 13.9. The average Bonchev–Trinajstić information content (AvgIpc) is 2.84. The number of rotatable bonds is 3. The average molecular weight is 261 g/mol. The fraction of sp³-hybridized carbons (Fsp3) is 0.158. The van der Waals surface area contributed by atoms with Gasteiger partial charge in [-0.05, 0) is 17.2 Å². The fourth-order valence-electron chi connectivity index (χ4n) is 2.66. The minimum absolute atomic E-state index is 0.404. The molecule has 0 N–H and O–H groups in total. The molecule has 0 bridgehead atoms. The van der Waals surface area contributed by atoms with Crippen molar-refractivity contribution in [1.82, 2.24) is 4.57 Å². The van der Waals surface area contributed by atoms with E-state index in [9.17, 15) is 0 Å². The van der Waals surface area contributed by atoms with Crippen molar-refractivity contribution in [2.75, 3.05) is 0 Å². The molecular weight excluding hydrogens is 242 g/mol. The summed E-state index contributed by atoms with van der Waals surface area (Å²) in [6.07, 6.45) is 6.72. The SMILES string of the molecule is CC(/C=C/c1ccccc1)c1cn(C)c2ccccc12. The maximum absolute atomic E-state index is 2.27. The van der Waals surface area contributed by atoms with Gasteiger partial charge in [0.05, 0.1) is 0 Å². The van der Waals surface area contributed by atoms with Crippen LogP contribution in [0.5, 0.6) is 0 Å². The summed E-state index contributed by atoms with van der Waals surface area (Å²) in [6.45, 7) is 2.25. The molecule has 1 heteroatoms. The number of nitrogens with zero attached hydrogens (tertiary/aromatic N) is 1. The third-order valence-corrected chi connectivity index (χ3v) is 3.80. The van der Waals surface area contributed by atoms with Gasteiger partial charge in [0.1, 0.15) is 0 Å². The monoisotopic (exact) mass is 261 g/mol. The van der Waals surface area contributed by atoms with Crippen molar-refractivity contribution in [2.24, 2.45) is 7.05 Å². The van der Waals surface area contributed by atoms with Crippen molar-refractivity contribution in [3.8, 4) is 0 Å². The lowest BCUT2D eigenvalue weighted by Gasteiger charge is -2.04. The minimum atomic E-state index is 0.404. The molecule has 0 aliphatic rings. The van der Waals surface area contributed by atoms with Crippen LogP contribution in [0.4, 0.5) is 0 Å². The zero-order valence-electron chi connectivity index (χ0n) is 12.0. The number of fused-ring (bicyclic) bond motifs is 1. The lowest BCUT2D eigenvalue weighted by atomic mass is 9.99. The van der Waals surface area contributed by atoms with Gasteiger partial charge >= 0.3 is 0 Å². The van der Waals surface area contributed by atoms with Gasteiger partial charge in [-0.15, -0.1) is 0 Å². The van der Waals surface area contributed by atoms with Crippen LogP contribution in [-0.2, 0) is 7.05 Å². The largest absolute Gasteiger partial charge is 0.350 e. The summed E-state index contributed by atoms with van der Waals surface area (Å²) in [5.41, 5.74) is 3.93. The van der Waals surface area contributed by atoms with Gasteiger partial charge in [0.15, 0.2) is 0 Å². The van der Waals surface area contributed by atoms with Gasteiger partial charge in [-0.1, -0.05) is 67.6 Å². The second-order valence-corrected chi connectivity index (χ2v) is 5.27. The lowest BCUT2D eigenvalue weighted by molar-refractivity contribution is 0.924. The molecule has 0 saturated heterocycles. The Balaban J connectivity index is 1.93. The highest BCUT2D eigenvalue weighted by molar-refractivity contribution is 5.84. The van der Waals surface area contributed by atoms with E-state index in [0.717, 1.165) is 0 Å². The van der Waals surface area contributed by atoms with E-state index < -0.39 is 0 Å². The van der Waals surface area contributed by atoms with Crippen LogP contribution in [0, 0.1) is 0 Å². The van der Waals surface area contributed by atoms with E-state index in [4.69, 9.17) is 0 Å². The van der Waals surface area contributed by atoms with Crippen LogP contribution in [0.1, 0.15) is 24.0 Å². The molecule has 3 rings (SSSR count). The Hall–Kier alpha value is -2.28. The topological polar surface area (TPSA) is 4.93 Å². The molecule has 0 spiro atoms. The first-order valence-electron chi connectivity index (χ1n) is 7.03. The molecule has 0 amide bonds. The van der Waals surface area contributed by atoms with Crippen LogP contribution in [0.3, 0.4) is 0 Å². The second-order valence-electron chi connectivity index (χ2n) is 5.27. The molecule has 0 radical (unpaired) electrons.